The predicted molar refractivity (Wildman–Crippen MR) is 482 cm³/mol. The highest BCUT2D eigenvalue weighted by Crippen LogP contribution is 2.38. The maximum absolute atomic E-state index is 12.8. The van der Waals surface area contributed by atoms with E-state index in [9.17, 15) is 52.7 Å². The highest BCUT2D eigenvalue weighted by atomic mass is 79.9. The number of amides is 7. The number of aromatic nitrogens is 4. The smallest absolute Gasteiger partial charge is 0.410 e. The molecule has 5 saturated heterocycles. The largest absolute Gasteiger partial charge is 0.481 e. The number of hydrogen-bond acceptors (Lipinski definition) is 23. The highest BCUT2D eigenvalue weighted by Gasteiger charge is 2.36. The van der Waals surface area contributed by atoms with Crippen LogP contribution in [0, 0.1) is 17.8 Å². The van der Waals surface area contributed by atoms with Crippen molar-refractivity contribution >= 4 is 206 Å². The number of hydrogen-bond donors (Lipinski definition) is 8. The van der Waals surface area contributed by atoms with Crippen molar-refractivity contribution in [3.8, 4) is 0 Å². The molecule has 5 fully saturated rings. The molecule has 0 atom stereocenters. The zero-order chi connectivity index (χ0) is 90.8. The van der Waals surface area contributed by atoms with Crippen LogP contribution in [-0.4, -0.2) is 186 Å². The summed E-state index contributed by atoms with van der Waals surface area (Å²) in [6.45, 7) is 27.9. The molecule has 0 aliphatic carbocycles. The second-order valence-corrected chi connectivity index (χ2v) is 38.6. The van der Waals surface area contributed by atoms with Crippen molar-refractivity contribution in [3.63, 3.8) is 0 Å². The number of aliphatic carboxylic acids is 1. The van der Waals surface area contributed by atoms with E-state index in [2.05, 4.69) is 84.3 Å². The van der Waals surface area contributed by atoms with E-state index in [1.54, 1.807) is 56.0 Å². The third kappa shape index (κ3) is 26.0. The summed E-state index contributed by atoms with van der Waals surface area (Å²) in [7, 11) is 0. The third-order valence-electron chi connectivity index (χ3n) is 20.4. The molecule has 33 nitrogen and oxygen atoms in total. The van der Waals surface area contributed by atoms with Gasteiger partial charge in [0.25, 0.3) is 22.9 Å². The summed E-state index contributed by atoms with van der Waals surface area (Å²) in [5.41, 5.74) is 18.3. The molecule has 7 amide bonds. The number of H-pyrrole nitrogens is 2. The monoisotopic (exact) mass is 1990 g/mol. The fourth-order valence-electron chi connectivity index (χ4n) is 14.2. The van der Waals surface area contributed by atoms with Gasteiger partial charge in [0, 0.05) is 115 Å². The minimum absolute atomic E-state index is 0.0121. The first kappa shape index (κ1) is 96.1. The Morgan fingerprint density at radius 3 is 1.12 bits per heavy atom. The van der Waals surface area contributed by atoms with Crippen LogP contribution in [0.1, 0.15) is 192 Å². The molecular formula is C86H104Br4ClN13O20. The molecule has 0 spiro atoms. The Bertz CT molecular complexity index is 5660. The summed E-state index contributed by atoms with van der Waals surface area (Å²) < 4.78 is 46.8. The summed E-state index contributed by atoms with van der Waals surface area (Å²) in [6, 6.07) is 21.8. The molecule has 15 rings (SSSR count). The van der Waals surface area contributed by atoms with Gasteiger partial charge in [-0.25, -0.2) is 29.1 Å². The summed E-state index contributed by atoms with van der Waals surface area (Å²) in [4.78, 5) is 151. The number of aromatic amines is 2. The molecule has 668 valence electrons. The van der Waals surface area contributed by atoms with Crippen LogP contribution in [0.25, 0.3) is 66.1 Å². The van der Waals surface area contributed by atoms with Crippen LogP contribution in [-0.2, 0) is 33.3 Å². The number of furan rings is 4. The summed E-state index contributed by atoms with van der Waals surface area (Å²) in [5.74, 6) is -1.43. The average Bonchev–Trinajstić information content (AvgIpc) is 1.61. The van der Waals surface area contributed by atoms with Gasteiger partial charge in [-0.05, 0) is 245 Å². The van der Waals surface area contributed by atoms with Crippen molar-refractivity contribution in [2.45, 2.75) is 182 Å². The molecule has 0 bridgehead atoms. The number of piperidine rings is 5. The molecule has 11 N–H and O–H groups in total. The lowest BCUT2D eigenvalue weighted by Crippen LogP contribution is -2.43. The molecule has 5 aliphatic heterocycles. The molecule has 0 radical (unpaired) electrons. The van der Waals surface area contributed by atoms with Crippen LogP contribution >= 0.6 is 75.3 Å². The number of likely N-dealkylation sites (tertiary alicyclic amines) is 4. The van der Waals surface area contributed by atoms with Gasteiger partial charge in [0.1, 0.15) is 73.1 Å². The fraction of sp³-hybridized carbons (Fsp3) is 0.477. The van der Waals surface area contributed by atoms with Crippen molar-refractivity contribution < 1.29 is 84.9 Å². The maximum atomic E-state index is 12.8. The number of carboxylic acids is 1. The quantitative estimate of drug-likeness (QED) is 0.0517. The Hall–Kier alpha value is -10.1. The lowest BCUT2D eigenvalue weighted by atomic mass is 9.96. The number of fused-ring (bicyclic) bond motifs is 8. The molecule has 10 aromatic rings. The van der Waals surface area contributed by atoms with E-state index in [1.165, 1.54) is 0 Å². The molecule has 4 aromatic carbocycles. The Labute approximate surface area is 752 Å². The second-order valence-electron chi connectivity index (χ2n) is 34.5. The Balaban J connectivity index is 0.000000159. The van der Waals surface area contributed by atoms with Gasteiger partial charge in [0.2, 0.25) is 33.8 Å². The van der Waals surface area contributed by atoms with Gasteiger partial charge in [-0.2, -0.15) is 0 Å². The van der Waals surface area contributed by atoms with E-state index in [0.717, 1.165) is 60.4 Å². The lowest BCUT2D eigenvalue weighted by Gasteiger charge is -2.33. The van der Waals surface area contributed by atoms with Crippen molar-refractivity contribution in [3.05, 3.63) is 135 Å². The number of rotatable bonds is 8. The van der Waals surface area contributed by atoms with Gasteiger partial charge in [-0.15, -0.1) is 0 Å². The van der Waals surface area contributed by atoms with E-state index in [0.29, 0.717) is 165 Å². The molecule has 5 aliphatic rings. The third-order valence-corrected chi connectivity index (χ3v) is 22.7. The van der Waals surface area contributed by atoms with Gasteiger partial charge < -0.3 is 99.1 Å². The van der Waals surface area contributed by atoms with Gasteiger partial charge in [-0.3, -0.25) is 33.6 Å². The first-order valence-corrected chi connectivity index (χ1v) is 44.1. The Morgan fingerprint density at radius 1 is 0.452 bits per heavy atom. The van der Waals surface area contributed by atoms with Gasteiger partial charge in [-0.1, -0.05) is 63.7 Å². The topological polar surface area (TPSA) is 470 Å². The van der Waals surface area contributed by atoms with Crippen LogP contribution in [0.5, 0.6) is 0 Å². The molecule has 124 heavy (non-hydrogen) atoms. The number of halogens is 5. The standard InChI is InChI=1S/C20H24BrN3O5.C20H22BrN3O4.C15H14BrN3O2.C11H18ClNO3.C11H19NO4.C9H7BrN2O2/c1-20(2,3)29-19(27)24-8-6-11(7-9-24)18(26)23-15-13-10-12(21)4-5-14(13)28-16(15)17(22)25;1-20(2,3)28-19(26)24-8-6-11(7-9-24)17-22-15-13-10-12(21)4-5-14(13)27-16(15)18(25)23-17;16-9-1-2-11-10(7-9)12-13(21-11)15(20)19-14(18-12)8-3-5-17-6-4-8;1-11(2,3)16-10(15)13-6-4-8(5-7-13)9(12)14;1-11(2,3)16-10(15)12-6-4-8(5-7-12)9(13)14;10-4-1-2-6-5(3-4)7(11)8(14-6)9(12)13/h4-5,10-11H,6-9H2,1-3H3,(H2,22,25)(H,23,26);4-5,10-11H,6-9H2,1-3H3,(H,22,23,25);1-2,7-8,17H,3-6H2,(H,18,19,20);8H,4-7H2,1-3H3;8H,4-7H2,1-3H3,(H,13,14);1-3H,11H2,(H2,12,13). The van der Waals surface area contributed by atoms with E-state index in [4.69, 9.17) is 80.5 Å². The first-order valence-electron chi connectivity index (χ1n) is 40.5. The number of carbonyl (C=O) groups excluding carboxylic acids is 8. The van der Waals surface area contributed by atoms with Crippen LogP contribution in [0.4, 0.5) is 30.6 Å². The average molecular weight is 1990 g/mol. The van der Waals surface area contributed by atoms with Gasteiger partial charge in [0.15, 0.2) is 0 Å². The Kier molecular flexibility index (Phi) is 31.7. The van der Waals surface area contributed by atoms with Crippen molar-refractivity contribution in [2.75, 3.05) is 76.5 Å². The van der Waals surface area contributed by atoms with Crippen LogP contribution in [0.3, 0.4) is 0 Å². The minimum atomic E-state index is -0.774. The zero-order valence-corrected chi connectivity index (χ0v) is 78.1. The number of nitrogen functional groups attached to an aromatic ring is 1. The van der Waals surface area contributed by atoms with E-state index in [-0.39, 0.29) is 98.8 Å². The number of carboxylic acid groups (broad SMARTS) is 1. The summed E-state index contributed by atoms with van der Waals surface area (Å²) >= 11 is 19.0. The maximum Gasteiger partial charge on any atom is 0.410 e. The minimum Gasteiger partial charge on any atom is -0.481 e. The fourth-order valence-corrected chi connectivity index (χ4v) is 15.9. The summed E-state index contributed by atoms with van der Waals surface area (Å²) in [5, 5.41) is 17.6. The molecular weight excluding hydrogens is 1890 g/mol. The van der Waals surface area contributed by atoms with Crippen molar-refractivity contribution in [1.82, 2.24) is 44.9 Å². The second kappa shape index (κ2) is 40.9. The zero-order valence-electron chi connectivity index (χ0n) is 71.0. The number of nitrogens with two attached hydrogens (primary N) is 3. The van der Waals surface area contributed by atoms with Crippen LogP contribution < -0.4 is 39.0 Å². The van der Waals surface area contributed by atoms with Gasteiger partial charge >= 0.3 is 30.3 Å². The number of carbonyl (C=O) groups is 9. The summed E-state index contributed by atoms with van der Waals surface area (Å²) in [6.07, 6.45) is 5.34. The lowest BCUT2D eigenvalue weighted by molar-refractivity contribution is -0.143. The molecule has 0 unspecified atom stereocenters. The molecule has 0 saturated carbocycles. The normalized spacial score (nSPS) is 16.0. The highest BCUT2D eigenvalue weighted by molar-refractivity contribution is 9.11. The molecule has 11 heterocycles. The predicted octanol–water partition coefficient (Wildman–Crippen LogP) is 17.3. The van der Waals surface area contributed by atoms with Crippen molar-refractivity contribution in [1.29, 1.82) is 0 Å². The number of primary amides is 2. The van der Waals surface area contributed by atoms with E-state index in [1.807, 2.05) is 119 Å². The molecule has 38 heteroatoms. The van der Waals surface area contributed by atoms with Gasteiger partial charge in [0.05, 0.1) is 11.6 Å². The van der Waals surface area contributed by atoms with E-state index < -0.39 is 40.2 Å². The molecule has 6 aromatic heterocycles. The number of ether oxygens (including phenoxy) is 4. The number of nitrogens with one attached hydrogen (secondary N) is 4. The van der Waals surface area contributed by atoms with Crippen molar-refractivity contribution in [2.24, 2.45) is 29.2 Å². The van der Waals surface area contributed by atoms with Crippen LogP contribution in [0.2, 0.25) is 0 Å². The number of benzene rings is 4. The number of nitrogens with zero attached hydrogens (tertiary/aromatic N) is 6. The number of anilines is 2. The first-order chi connectivity index (χ1) is 58.2. The van der Waals surface area contributed by atoms with E-state index >= 15 is 0 Å². The SMILES string of the molecule is CC(C)(C)OC(=O)N1CCC(C(=O)Cl)CC1.CC(C)(C)OC(=O)N1CCC(C(=O)Nc2c(C(N)=O)oc3ccc(Br)cc23)CC1.CC(C)(C)OC(=O)N1CCC(C(=O)O)CC1.CC(C)(C)OC(=O)N1CCC(c2nc3c(oc4ccc(Br)cc43)c(=O)[nH]2)CC1.NC(=O)c1oc2ccc(Br)cc2c1N.O=c1[nH]c(C2CCNCC2)nc2c1oc1ccc(Br)cc12. The Morgan fingerprint density at radius 2 is 0.766 bits per heavy atom. The van der Waals surface area contributed by atoms with Crippen LogP contribution in [0.15, 0.2) is 118 Å².